The highest BCUT2D eigenvalue weighted by Gasteiger charge is 2.64. The second kappa shape index (κ2) is 10.1. The molecule has 1 aliphatic heterocycles. The number of halogens is 1. The summed E-state index contributed by atoms with van der Waals surface area (Å²) in [5.74, 6) is -6.96. The molecule has 0 aromatic heterocycles. The molecule has 4 aliphatic rings. The minimum absolute atomic E-state index is 0.00220. The first kappa shape index (κ1) is 28.6. The average molecular weight is 576 g/mol. The Kier molecular flexibility index (Phi) is 7.25. The van der Waals surface area contributed by atoms with Crippen molar-refractivity contribution in [2.24, 2.45) is 17.6 Å². The van der Waals surface area contributed by atoms with E-state index in [-0.39, 0.29) is 42.4 Å². The summed E-state index contributed by atoms with van der Waals surface area (Å²) in [6.45, 7) is 1.31. The Balaban J connectivity index is 1.61. The van der Waals surface area contributed by atoms with Crippen LogP contribution < -0.4 is 5.73 Å². The molecule has 1 heterocycles. The van der Waals surface area contributed by atoms with Crippen molar-refractivity contribution in [2.75, 3.05) is 27.2 Å². The Morgan fingerprint density at radius 3 is 2.58 bits per heavy atom. The average Bonchev–Trinajstić information content (AvgIpc) is 3.30. The number of phenolic OH excluding ortho intramolecular Hbond substituents is 1. The Morgan fingerprint density at radius 2 is 1.95 bits per heavy atom. The zero-order valence-electron chi connectivity index (χ0n) is 22.4. The van der Waals surface area contributed by atoms with E-state index in [9.17, 15) is 39.9 Å². The minimum atomic E-state index is -2.68. The van der Waals surface area contributed by atoms with Crippen LogP contribution in [0.25, 0.3) is 5.76 Å². The molecule has 1 aromatic rings. The fourth-order valence-corrected chi connectivity index (χ4v) is 7.55. The molecule has 3 aliphatic carbocycles. The summed E-state index contributed by atoms with van der Waals surface area (Å²) in [6.07, 6.45) is 2.68. The number of nitrogens with zero attached hydrogens (tertiary/aromatic N) is 2. The number of aromatic hydroxyl groups is 1. The van der Waals surface area contributed by atoms with Crippen molar-refractivity contribution in [2.45, 2.75) is 56.3 Å². The first-order chi connectivity index (χ1) is 18.8. The molecule has 1 saturated carbocycles. The third kappa shape index (κ3) is 4.06. The molecule has 12 heteroatoms. The zero-order valence-corrected chi connectivity index (χ0v) is 23.1. The van der Waals surface area contributed by atoms with E-state index in [2.05, 4.69) is 4.90 Å². The zero-order chi connectivity index (χ0) is 29.3. The van der Waals surface area contributed by atoms with E-state index in [4.69, 9.17) is 17.3 Å². The molecule has 1 aromatic carbocycles. The number of likely N-dealkylation sites (N-methyl/N-ethyl adjacent to an activating group) is 1. The van der Waals surface area contributed by atoms with Crippen LogP contribution in [0.4, 0.5) is 0 Å². The lowest BCUT2D eigenvalue weighted by atomic mass is 9.57. The first-order valence-electron chi connectivity index (χ1n) is 13.4. The third-order valence-corrected chi connectivity index (χ3v) is 9.53. The standard InChI is InChI=1S/C28H34ClN3O8/c1-31(2)22-16-9-12-8-15-19(17(34)10-13(21(15)29)11-32-6-3-4-14(32)5-7-33)23(35)18(12)25(37)28(16,40)26(38)20(24(22)36)27(30)39/h10,12,14,16,22,33-35,38,40H,3-9,11H2,1-2H3,(H2,30,39)/t12-,14-,16-,22-,28-/m0/s1. The summed E-state index contributed by atoms with van der Waals surface area (Å²) in [5.41, 5.74) is 2.67. The summed E-state index contributed by atoms with van der Waals surface area (Å²) in [4.78, 5) is 42.8. The van der Waals surface area contributed by atoms with Crippen LogP contribution in [0.3, 0.4) is 0 Å². The van der Waals surface area contributed by atoms with Gasteiger partial charge in [-0.3, -0.25) is 24.2 Å². The summed E-state index contributed by atoms with van der Waals surface area (Å²) in [7, 11) is 3.11. The van der Waals surface area contributed by atoms with Gasteiger partial charge in [-0.2, -0.15) is 0 Å². The van der Waals surface area contributed by atoms with Crippen LogP contribution in [0.2, 0.25) is 5.02 Å². The summed E-state index contributed by atoms with van der Waals surface area (Å²) in [5, 5.41) is 54.7. The van der Waals surface area contributed by atoms with E-state index in [1.54, 1.807) is 14.1 Å². The molecule has 1 saturated heterocycles. The number of ketones is 2. The number of likely N-dealkylation sites (tertiary alicyclic amines) is 1. The SMILES string of the molecule is CN(C)[C@@H]1C(=O)C(C(N)=O)=C(O)[C@@]2(O)C(=O)C3=C(O)c4c(O)cc(CN5CCC[C@H]5CCO)c(Cl)c4C[C@H]3C[C@@H]12. The van der Waals surface area contributed by atoms with Gasteiger partial charge in [0.2, 0.25) is 5.78 Å². The lowest BCUT2D eigenvalue weighted by Gasteiger charge is -2.50. The molecule has 2 fully saturated rings. The minimum Gasteiger partial charge on any atom is -0.508 e. The molecule has 0 radical (unpaired) electrons. The Bertz CT molecular complexity index is 1370. The van der Waals surface area contributed by atoms with Gasteiger partial charge in [-0.05, 0) is 75.9 Å². The first-order valence-corrected chi connectivity index (χ1v) is 13.7. The second-order valence-electron chi connectivity index (χ2n) is 11.5. The van der Waals surface area contributed by atoms with Gasteiger partial charge in [0.15, 0.2) is 11.4 Å². The lowest BCUT2D eigenvalue weighted by Crippen LogP contribution is -2.65. The van der Waals surface area contributed by atoms with Crippen molar-refractivity contribution in [1.29, 1.82) is 0 Å². The molecule has 7 N–H and O–H groups in total. The smallest absolute Gasteiger partial charge is 0.255 e. The number of aliphatic hydroxyl groups is 4. The van der Waals surface area contributed by atoms with Crippen molar-refractivity contribution < 1.29 is 39.9 Å². The number of carbonyl (C=O) groups is 3. The number of carbonyl (C=O) groups excluding carboxylic acids is 3. The summed E-state index contributed by atoms with van der Waals surface area (Å²) in [6, 6.07) is 0.485. The van der Waals surface area contributed by atoms with Crippen LogP contribution in [0.5, 0.6) is 5.75 Å². The number of rotatable bonds is 6. The number of phenols is 1. The molecule has 5 atom stereocenters. The highest BCUT2D eigenvalue weighted by atomic mass is 35.5. The molecule has 11 nitrogen and oxygen atoms in total. The van der Waals surface area contributed by atoms with Gasteiger partial charge in [0.1, 0.15) is 22.8 Å². The number of amides is 1. The fourth-order valence-electron chi connectivity index (χ4n) is 7.26. The third-order valence-electron chi connectivity index (χ3n) is 9.06. The number of fused-ring (bicyclic) bond motifs is 3. The normalized spacial score (nSPS) is 30.6. The molecule has 0 bridgehead atoms. The van der Waals surface area contributed by atoms with E-state index in [1.165, 1.54) is 11.0 Å². The van der Waals surface area contributed by atoms with Gasteiger partial charge in [-0.15, -0.1) is 0 Å². The molecule has 40 heavy (non-hydrogen) atoms. The number of nitrogens with two attached hydrogens (primary N) is 1. The van der Waals surface area contributed by atoms with Gasteiger partial charge in [0.25, 0.3) is 5.91 Å². The highest BCUT2D eigenvalue weighted by Crippen LogP contribution is 2.53. The molecule has 1 amide bonds. The van der Waals surface area contributed by atoms with Crippen molar-refractivity contribution in [1.82, 2.24) is 9.80 Å². The monoisotopic (exact) mass is 575 g/mol. The van der Waals surface area contributed by atoms with E-state index in [0.29, 0.717) is 29.1 Å². The van der Waals surface area contributed by atoms with Gasteiger partial charge < -0.3 is 31.3 Å². The Hall–Kier alpha value is -2.96. The number of benzene rings is 1. The molecular weight excluding hydrogens is 542 g/mol. The van der Waals surface area contributed by atoms with Gasteiger partial charge in [-0.25, -0.2) is 0 Å². The number of hydrogen-bond donors (Lipinski definition) is 6. The fraction of sp³-hybridized carbons (Fsp3) is 0.536. The van der Waals surface area contributed by atoms with E-state index in [0.717, 1.165) is 19.4 Å². The van der Waals surface area contributed by atoms with Crippen molar-refractivity contribution >= 4 is 34.8 Å². The number of hydrogen-bond acceptors (Lipinski definition) is 10. The predicted molar refractivity (Wildman–Crippen MR) is 144 cm³/mol. The number of primary amides is 1. The number of Topliss-reactive ketones (excluding diaryl/α,β-unsaturated/α-hetero) is 2. The lowest BCUT2D eigenvalue weighted by molar-refractivity contribution is -0.153. The largest absolute Gasteiger partial charge is 0.508 e. The number of aliphatic hydroxyl groups excluding tert-OH is 3. The van der Waals surface area contributed by atoms with Crippen molar-refractivity contribution in [3.05, 3.63) is 44.7 Å². The molecular formula is C28H34ClN3O8. The molecule has 216 valence electrons. The van der Waals surface area contributed by atoms with Gasteiger partial charge in [0, 0.05) is 35.7 Å². The van der Waals surface area contributed by atoms with E-state index in [1.807, 2.05) is 0 Å². The van der Waals surface area contributed by atoms with Crippen LogP contribution in [-0.2, 0) is 27.3 Å². The van der Waals surface area contributed by atoms with Gasteiger partial charge in [0.05, 0.1) is 11.6 Å². The van der Waals surface area contributed by atoms with Crippen LogP contribution in [0.15, 0.2) is 23.0 Å². The molecule has 0 unspecified atom stereocenters. The summed E-state index contributed by atoms with van der Waals surface area (Å²) < 4.78 is 0. The maximum atomic E-state index is 13.9. The maximum absolute atomic E-state index is 13.9. The van der Waals surface area contributed by atoms with Gasteiger partial charge >= 0.3 is 0 Å². The highest BCUT2D eigenvalue weighted by molar-refractivity contribution is 6.32. The van der Waals surface area contributed by atoms with E-state index >= 15 is 0 Å². The van der Waals surface area contributed by atoms with Crippen LogP contribution >= 0.6 is 11.6 Å². The van der Waals surface area contributed by atoms with Crippen molar-refractivity contribution in [3.8, 4) is 5.75 Å². The summed E-state index contributed by atoms with van der Waals surface area (Å²) >= 11 is 6.86. The maximum Gasteiger partial charge on any atom is 0.255 e. The predicted octanol–water partition coefficient (Wildman–Crippen LogP) is 0.964. The van der Waals surface area contributed by atoms with Crippen LogP contribution in [-0.4, -0.2) is 97.7 Å². The van der Waals surface area contributed by atoms with E-state index < -0.39 is 58.0 Å². The van der Waals surface area contributed by atoms with Crippen LogP contribution in [0.1, 0.15) is 42.4 Å². The topological polar surface area (TPSA) is 185 Å². The van der Waals surface area contributed by atoms with Crippen LogP contribution in [0, 0.1) is 11.8 Å². The molecule has 5 rings (SSSR count). The second-order valence-corrected chi connectivity index (χ2v) is 11.8. The Morgan fingerprint density at radius 1 is 1.25 bits per heavy atom. The van der Waals surface area contributed by atoms with Gasteiger partial charge in [-0.1, -0.05) is 11.6 Å². The molecule has 0 spiro atoms. The Labute approximate surface area is 236 Å². The van der Waals surface area contributed by atoms with Crippen molar-refractivity contribution in [3.63, 3.8) is 0 Å². The quantitative estimate of drug-likeness (QED) is 0.267.